The zero-order chi connectivity index (χ0) is 19.1. The number of amides is 1. The number of rotatable bonds is 6. The van der Waals surface area contributed by atoms with Crippen molar-refractivity contribution < 1.29 is 28.6 Å². The van der Waals surface area contributed by atoms with Gasteiger partial charge in [-0.15, -0.1) is 0 Å². The molecule has 2 aromatic carbocycles. The molecule has 0 saturated heterocycles. The van der Waals surface area contributed by atoms with Crippen molar-refractivity contribution >= 4 is 39.5 Å². The molecule has 0 aromatic heterocycles. The number of benzene rings is 2. The van der Waals surface area contributed by atoms with E-state index in [-0.39, 0.29) is 5.56 Å². The lowest BCUT2D eigenvalue weighted by Crippen LogP contribution is -2.21. The number of anilines is 1. The average Bonchev–Trinajstić information content (AvgIpc) is 2.66. The fourth-order valence-corrected chi connectivity index (χ4v) is 2.44. The predicted octanol–water partition coefficient (Wildman–Crippen LogP) is 3.04. The Bertz CT molecular complexity index is 836. The van der Waals surface area contributed by atoms with Crippen LogP contribution in [0.1, 0.15) is 20.7 Å². The third-order valence-electron chi connectivity index (χ3n) is 3.30. The van der Waals surface area contributed by atoms with Crippen molar-refractivity contribution in [1.82, 2.24) is 0 Å². The molecule has 0 fully saturated rings. The molecule has 0 aliphatic heterocycles. The van der Waals surface area contributed by atoms with E-state index in [1.54, 1.807) is 30.3 Å². The molecular formula is C18H16BrNO6. The van der Waals surface area contributed by atoms with Gasteiger partial charge in [-0.2, -0.15) is 0 Å². The Hall–Kier alpha value is -2.87. The fourth-order valence-electron chi connectivity index (χ4n) is 2.04. The summed E-state index contributed by atoms with van der Waals surface area (Å²) in [4.78, 5) is 35.6. The molecule has 0 atom stereocenters. The van der Waals surface area contributed by atoms with Gasteiger partial charge in [0.1, 0.15) is 5.75 Å². The smallest absolute Gasteiger partial charge is 0.339 e. The highest BCUT2D eigenvalue weighted by atomic mass is 79.9. The molecule has 2 aromatic rings. The van der Waals surface area contributed by atoms with Gasteiger partial charge in [0.05, 0.1) is 25.3 Å². The molecule has 0 bridgehead atoms. The average molecular weight is 422 g/mol. The van der Waals surface area contributed by atoms with E-state index in [9.17, 15) is 14.4 Å². The molecule has 8 heteroatoms. The lowest BCUT2D eigenvalue weighted by Gasteiger charge is -2.09. The third kappa shape index (κ3) is 5.06. The van der Waals surface area contributed by atoms with Gasteiger partial charge < -0.3 is 19.5 Å². The van der Waals surface area contributed by atoms with Crippen molar-refractivity contribution in [3.63, 3.8) is 0 Å². The van der Waals surface area contributed by atoms with E-state index in [0.717, 1.165) is 0 Å². The van der Waals surface area contributed by atoms with E-state index in [1.807, 2.05) is 0 Å². The van der Waals surface area contributed by atoms with Crippen molar-refractivity contribution in [3.05, 3.63) is 58.1 Å². The normalized spacial score (nSPS) is 9.96. The summed E-state index contributed by atoms with van der Waals surface area (Å²) in [5.41, 5.74) is 0.920. The summed E-state index contributed by atoms with van der Waals surface area (Å²) in [5.74, 6) is -1.24. The van der Waals surface area contributed by atoms with E-state index in [1.165, 1.54) is 26.4 Å². The lowest BCUT2D eigenvalue weighted by atomic mass is 10.2. The standard InChI is InChI=1S/C18H16BrNO6/c1-24-13-6-7-15(19)14(9-13)18(23)26-10-16(21)20-12-5-3-4-11(8-12)17(22)25-2/h3-9H,10H2,1-2H3,(H,20,21). The number of hydrogen-bond acceptors (Lipinski definition) is 6. The van der Waals surface area contributed by atoms with Crippen LogP contribution in [0.5, 0.6) is 5.75 Å². The Kier molecular flexibility index (Phi) is 6.74. The molecule has 136 valence electrons. The first-order chi connectivity index (χ1) is 12.4. The third-order valence-corrected chi connectivity index (χ3v) is 3.99. The van der Waals surface area contributed by atoms with E-state index < -0.39 is 24.5 Å². The zero-order valence-corrected chi connectivity index (χ0v) is 15.7. The van der Waals surface area contributed by atoms with Crippen LogP contribution in [-0.2, 0) is 14.3 Å². The van der Waals surface area contributed by atoms with E-state index in [0.29, 0.717) is 21.5 Å². The first-order valence-corrected chi connectivity index (χ1v) is 8.22. The Morgan fingerprint density at radius 1 is 1.04 bits per heavy atom. The summed E-state index contributed by atoms with van der Waals surface area (Å²) in [7, 11) is 2.75. The predicted molar refractivity (Wildman–Crippen MR) is 97.4 cm³/mol. The van der Waals surface area contributed by atoms with Crippen LogP contribution in [0, 0.1) is 0 Å². The molecule has 0 aliphatic carbocycles. The van der Waals surface area contributed by atoms with Gasteiger partial charge in [0.15, 0.2) is 6.61 Å². The van der Waals surface area contributed by atoms with Crippen LogP contribution in [0.25, 0.3) is 0 Å². The minimum Gasteiger partial charge on any atom is -0.497 e. The maximum atomic E-state index is 12.1. The van der Waals surface area contributed by atoms with E-state index in [2.05, 4.69) is 26.0 Å². The molecule has 0 unspecified atom stereocenters. The minimum absolute atomic E-state index is 0.241. The Balaban J connectivity index is 1.97. The molecule has 26 heavy (non-hydrogen) atoms. The van der Waals surface area contributed by atoms with Crippen molar-refractivity contribution in [2.24, 2.45) is 0 Å². The summed E-state index contributed by atoms with van der Waals surface area (Å²) < 4.78 is 15.2. The quantitative estimate of drug-likeness (QED) is 0.720. The summed E-state index contributed by atoms with van der Waals surface area (Å²) in [6.07, 6.45) is 0. The summed E-state index contributed by atoms with van der Waals surface area (Å²) in [6.45, 7) is -0.481. The second kappa shape index (κ2) is 9.00. The van der Waals surface area contributed by atoms with Crippen LogP contribution in [0.4, 0.5) is 5.69 Å². The second-order valence-electron chi connectivity index (χ2n) is 5.04. The molecule has 0 radical (unpaired) electrons. The van der Waals surface area contributed by atoms with Gasteiger partial charge in [-0.1, -0.05) is 6.07 Å². The topological polar surface area (TPSA) is 90.9 Å². The van der Waals surface area contributed by atoms with Crippen molar-refractivity contribution in [3.8, 4) is 5.75 Å². The number of methoxy groups -OCH3 is 2. The van der Waals surface area contributed by atoms with Gasteiger partial charge in [0.2, 0.25) is 0 Å². The first kappa shape index (κ1) is 19.5. The highest BCUT2D eigenvalue weighted by Gasteiger charge is 2.15. The van der Waals surface area contributed by atoms with Crippen LogP contribution in [-0.4, -0.2) is 38.7 Å². The van der Waals surface area contributed by atoms with Crippen LogP contribution >= 0.6 is 15.9 Å². The number of nitrogens with one attached hydrogen (secondary N) is 1. The lowest BCUT2D eigenvalue weighted by molar-refractivity contribution is -0.119. The Morgan fingerprint density at radius 2 is 1.81 bits per heavy atom. The summed E-state index contributed by atoms with van der Waals surface area (Å²) in [6, 6.07) is 11.1. The number of hydrogen-bond donors (Lipinski definition) is 1. The maximum Gasteiger partial charge on any atom is 0.339 e. The van der Waals surface area contributed by atoms with Gasteiger partial charge >= 0.3 is 11.9 Å². The van der Waals surface area contributed by atoms with Gasteiger partial charge in [-0.05, 0) is 52.3 Å². The van der Waals surface area contributed by atoms with Crippen molar-refractivity contribution in [2.45, 2.75) is 0 Å². The number of esters is 2. The highest BCUT2D eigenvalue weighted by Crippen LogP contribution is 2.23. The van der Waals surface area contributed by atoms with Crippen LogP contribution in [0.3, 0.4) is 0 Å². The first-order valence-electron chi connectivity index (χ1n) is 7.43. The van der Waals surface area contributed by atoms with Crippen molar-refractivity contribution in [1.29, 1.82) is 0 Å². The number of ether oxygens (including phenoxy) is 3. The van der Waals surface area contributed by atoms with Crippen LogP contribution in [0.2, 0.25) is 0 Å². The largest absolute Gasteiger partial charge is 0.497 e. The molecule has 1 N–H and O–H groups in total. The SMILES string of the molecule is COC(=O)c1cccc(NC(=O)COC(=O)c2cc(OC)ccc2Br)c1. The van der Waals surface area contributed by atoms with Crippen LogP contribution in [0.15, 0.2) is 46.9 Å². The number of carbonyl (C=O) groups excluding carboxylic acids is 3. The van der Waals surface area contributed by atoms with Gasteiger partial charge in [-0.3, -0.25) is 4.79 Å². The van der Waals surface area contributed by atoms with E-state index >= 15 is 0 Å². The monoisotopic (exact) mass is 421 g/mol. The fraction of sp³-hybridized carbons (Fsp3) is 0.167. The molecule has 1 amide bonds. The number of halogens is 1. The Morgan fingerprint density at radius 3 is 2.50 bits per heavy atom. The summed E-state index contributed by atoms with van der Waals surface area (Å²) in [5, 5.41) is 2.54. The summed E-state index contributed by atoms with van der Waals surface area (Å²) >= 11 is 3.25. The number of carbonyl (C=O) groups is 3. The molecule has 7 nitrogen and oxygen atoms in total. The zero-order valence-electron chi connectivity index (χ0n) is 14.1. The van der Waals surface area contributed by atoms with Gasteiger partial charge in [0, 0.05) is 10.2 Å². The molecule has 0 spiro atoms. The second-order valence-corrected chi connectivity index (χ2v) is 5.90. The molecule has 0 heterocycles. The van der Waals surface area contributed by atoms with Crippen molar-refractivity contribution in [2.75, 3.05) is 26.1 Å². The molecule has 0 saturated carbocycles. The van der Waals surface area contributed by atoms with Gasteiger partial charge in [-0.25, -0.2) is 9.59 Å². The highest BCUT2D eigenvalue weighted by molar-refractivity contribution is 9.10. The van der Waals surface area contributed by atoms with E-state index in [4.69, 9.17) is 9.47 Å². The van der Waals surface area contributed by atoms with Gasteiger partial charge in [0.25, 0.3) is 5.91 Å². The molecular weight excluding hydrogens is 406 g/mol. The molecule has 0 aliphatic rings. The molecule has 2 rings (SSSR count). The minimum atomic E-state index is -0.672. The Labute approximate surface area is 158 Å². The maximum absolute atomic E-state index is 12.1. The van der Waals surface area contributed by atoms with Crippen LogP contribution < -0.4 is 10.1 Å².